The number of methoxy groups -OCH3 is 1. The molecule has 5 aromatic rings. The first kappa shape index (κ1) is 39.9. The summed E-state index contributed by atoms with van der Waals surface area (Å²) in [7, 11) is 1.09. The lowest BCUT2D eigenvalue weighted by Gasteiger charge is -2.19. The Bertz CT molecular complexity index is 2200. The first-order valence-corrected chi connectivity index (χ1v) is 17.6. The highest BCUT2D eigenvalue weighted by molar-refractivity contribution is 6.39. The lowest BCUT2D eigenvalue weighted by molar-refractivity contribution is -0.154. The summed E-state index contributed by atoms with van der Waals surface area (Å²) in [6, 6.07) is 19.4. The highest BCUT2D eigenvalue weighted by Crippen LogP contribution is 2.48. The lowest BCUT2D eigenvalue weighted by Crippen LogP contribution is -2.50. The van der Waals surface area contributed by atoms with Gasteiger partial charge in [-0.25, -0.2) is 4.79 Å². The number of aromatic nitrogens is 5. The summed E-state index contributed by atoms with van der Waals surface area (Å²) < 4.78 is 50.2. The van der Waals surface area contributed by atoms with Crippen molar-refractivity contribution >= 4 is 58.6 Å². The van der Waals surface area contributed by atoms with Gasteiger partial charge in [0.05, 0.1) is 19.2 Å². The fourth-order valence-electron chi connectivity index (χ4n) is 5.42. The van der Waals surface area contributed by atoms with Crippen LogP contribution in [0.2, 0.25) is 5.02 Å². The molecule has 1 aliphatic carbocycles. The number of anilines is 4. The molecule has 2 heterocycles. The molecule has 6 rings (SSSR count). The zero-order valence-electron chi connectivity index (χ0n) is 30.0. The number of hydrogen-bond acceptors (Lipinski definition) is 12. The van der Waals surface area contributed by atoms with E-state index in [0.717, 1.165) is 18.2 Å². The van der Waals surface area contributed by atoms with Gasteiger partial charge in [-0.1, -0.05) is 35.9 Å². The minimum Gasteiger partial charge on any atom is -0.467 e. The van der Waals surface area contributed by atoms with Crippen LogP contribution in [0.25, 0.3) is 0 Å². The predicted molar refractivity (Wildman–Crippen MR) is 200 cm³/mol. The van der Waals surface area contributed by atoms with Crippen LogP contribution >= 0.6 is 11.6 Å². The molecule has 0 spiro atoms. The van der Waals surface area contributed by atoms with Crippen molar-refractivity contribution in [3.8, 4) is 6.01 Å². The molecule has 0 bridgehead atoms. The van der Waals surface area contributed by atoms with Crippen LogP contribution in [-0.4, -0.2) is 80.9 Å². The van der Waals surface area contributed by atoms with Gasteiger partial charge in [-0.3, -0.25) is 19.1 Å². The Morgan fingerprint density at radius 2 is 1.58 bits per heavy atom. The number of hydrogen-bond donors (Lipinski definition) is 5. The highest BCUT2D eigenvalue weighted by Gasteiger charge is 2.45. The Morgan fingerprint density at radius 3 is 2.21 bits per heavy atom. The fourth-order valence-corrected chi connectivity index (χ4v) is 5.55. The molecule has 0 radical (unpaired) electrons. The number of alkyl halides is 3. The summed E-state index contributed by atoms with van der Waals surface area (Å²) in [5.41, 5.74) is 2.01. The minimum absolute atomic E-state index is 0.0393. The monoisotopic (exact) mass is 806 g/mol. The van der Waals surface area contributed by atoms with Crippen LogP contribution in [-0.2, 0) is 31.2 Å². The van der Waals surface area contributed by atoms with Gasteiger partial charge in [-0.2, -0.15) is 33.2 Å². The maximum absolute atomic E-state index is 13.1. The molecule has 0 unspecified atom stereocenters. The zero-order chi connectivity index (χ0) is 40.6. The van der Waals surface area contributed by atoms with Crippen molar-refractivity contribution in [2.24, 2.45) is 0 Å². The predicted octanol–water partition coefficient (Wildman–Crippen LogP) is 4.58. The van der Waals surface area contributed by atoms with Crippen molar-refractivity contribution in [3.05, 3.63) is 113 Å². The van der Waals surface area contributed by atoms with Crippen LogP contribution in [0.4, 0.5) is 36.4 Å². The van der Waals surface area contributed by atoms with E-state index in [2.05, 4.69) is 46.6 Å². The second-order valence-electron chi connectivity index (χ2n) is 12.7. The Labute approximate surface area is 327 Å². The van der Waals surface area contributed by atoms with Crippen LogP contribution in [0, 0.1) is 0 Å². The summed E-state index contributed by atoms with van der Waals surface area (Å²) in [5.74, 6) is -3.86. The molecule has 3 amide bonds. The van der Waals surface area contributed by atoms with Crippen molar-refractivity contribution in [2.75, 3.05) is 36.2 Å². The molecule has 1 fully saturated rings. The molecule has 57 heavy (non-hydrogen) atoms. The summed E-state index contributed by atoms with van der Waals surface area (Å²) in [6.07, 6.45) is 0.225. The van der Waals surface area contributed by atoms with E-state index in [-0.39, 0.29) is 17.5 Å². The summed E-state index contributed by atoms with van der Waals surface area (Å²) in [4.78, 5) is 63.0. The molecule has 0 aliphatic heterocycles. The third-order valence-electron chi connectivity index (χ3n) is 8.46. The van der Waals surface area contributed by atoms with Gasteiger partial charge in [0.25, 0.3) is 5.91 Å². The quantitative estimate of drug-likeness (QED) is 0.0729. The number of nitrogens with zero attached hydrogens (tertiary/aromatic N) is 5. The fraction of sp³-hybridized carbons (Fsp3) is 0.243. The molecule has 1 saturated carbocycles. The largest absolute Gasteiger partial charge is 0.467 e. The van der Waals surface area contributed by atoms with Gasteiger partial charge < -0.3 is 36.1 Å². The second kappa shape index (κ2) is 17.4. The van der Waals surface area contributed by atoms with E-state index in [1.54, 1.807) is 53.3 Å². The van der Waals surface area contributed by atoms with Crippen LogP contribution in [0.1, 0.15) is 34.3 Å². The number of halogens is 4. The number of amides is 3. The first-order chi connectivity index (χ1) is 27.3. The third-order valence-corrected chi connectivity index (χ3v) is 8.71. The van der Waals surface area contributed by atoms with Gasteiger partial charge in [-0.15, -0.1) is 0 Å². The SMILES string of the molecule is COC(=O)[C@H](CNC(=O)C(=O)Nc1ccc(Cn2cccn2)cc1)NC(=O)c1ccc(Nc2nc(NC3(c4ccc(Cl)cc4)CC3)nc(OCC(F)(F)F)n2)cc1. The molecular weight excluding hydrogens is 773 g/mol. The molecular formula is C37H34ClF3N10O6. The lowest BCUT2D eigenvalue weighted by atomic mass is 10.1. The van der Waals surface area contributed by atoms with Crippen molar-refractivity contribution in [2.45, 2.75) is 37.1 Å². The molecule has 5 N–H and O–H groups in total. The molecule has 20 heteroatoms. The van der Waals surface area contributed by atoms with Crippen LogP contribution in [0.5, 0.6) is 6.01 Å². The second-order valence-corrected chi connectivity index (χ2v) is 13.1. The Morgan fingerprint density at radius 1 is 0.895 bits per heavy atom. The maximum atomic E-state index is 13.1. The van der Waals surface area contributed by atoms with E-state index in [0.29, 0.717) is 35.8 Å². The molecule has 296 valence electrons. The average Bonchev–Trinajstić information content (AvgIpc) is 3.78. The zero-order valence-corrected chi connectivity index (χ0v) is 30.7. The first-order valence-electron chi connectivity index (χ1n) is 17.2. The number of carbonyl (C=O) groups is 4. The normalized spacial score (nSPS) is 13.4. The van der Waals surface area contributed by atoms with Gasteiger partial charge in [0.2, 0.25) is 11.9 Å². The van der Waals surface area contributed by atoms with Gasteiger partial charge in [0, 0.05) is 40.9 Å². The standard InChI is InChI=1S/C37H34ClF3N10O6/c1-56-32(55)28(19-42-30(53)31(54)44-26-11-3-22(4-12-26)20-51-18-2-17-43-51)46-29(52)23-5-13-27(14-6-23)45-33-47-34(49-35(48-33)57-21-37(39,40)41)50-36(15-16-36)24-7-9-25(38)10-8-24/h2-14,17-18,28H,15-16,19-21H2,1H3,(H,42,53)(H,44,54)(H,46,52)(H2,45,47,48,49,50)/t28-/m0/s1. The van der Waals surface area contributed by atoms with Gasteiger partial charge in [0.15, 0.2) is 6.61 Å². The average molecular weight is 807 g/mol. The molecule has 1 atom stereocenters. The summed E-state index contributed by atoms with van der Waals surface area (Å²) >= 11 is 6.03. The number of rotatable bonds is 15. The van der Waals surface area contributed by atoms with Crippen molar-refractivity contribution in [1.82, 2.24) is 35.4 Å². The van der Waals surface area contributed by atoms with Crippen LogP contribution < -0.4 is 31.3 Å². The Hall–Kier alpha value is -6.76. The topological polar surface area (TPSA) is 203 Å². The van der Waals surface area contributed by atoms with E-state index < -0.39 is 60.6 Å². The van der Waals surface area contributed by atoms with E-state index in [1.807, 2.05) is 18.3 Å². The number of ether oxygens (including phenoxy) is 2. The maximum Gasteiger partial charge on any atom is 0.422 e. The summed E-state index contributed by atoms with van der Waals surface area (Å²) in [6.45, 7) is -1.58. The van der Waals surface area contributed by atoms with E-state index in [4.69, 9.17) is 21.1 Å². The Balaban J connectivity index is 1.06. The molecule has 0 saturated heterocycles. The summed E-state index contributed by atoms with van der Waals surface area (Å²) in [5, 5.41) is 18.0. The highest BCUT2D eigenvalue weighted by atomic mass is 35.5. The molecule has 2 aromatic heterocycles. The molecule has 16 nitrogen and oxygen atoms in total. The van der Waals surface area contributed by atoms with Crippen LogP contribution in [0.15, 0.2) is 91.3 Å². The van der Waals surface area contributed by atoms with Gasteiger partial charge >= 0.3 is 30.0 Å². The number of carbonyl (C=O) groups excluding carboxylic acids is 4. The number of esters is 1. The van der Waals surface area contributed by atoms with Crippen molar-refractivity contribution < 1.29 is 41.8 Å². The van der Waals surface area contributed by atoms with E-state index in [1.165, 1.54) is 24.3 Å². The van der Waals surface area contributed by atoms with Gasteiger partial charge in [0.1, 0.15) is 6.04 Å². The van der Waals surface area contributed by atoms with Crippen LogP contribution in [0.3, 0.4) is 0 Å². The van der Waals surface area contributed by atoms with E-state index in [9.17, 15) is 32.3 Å². The third kappa shape index (κ3) is 11.2. The van der Waals surface area contributed by atoms with Crippen molar-refractivity contribution in [3.63, 3.8) is 0 Å². The number of benzene rings is 3. The molecule has 3 aromatic carbocycles. The molecule has 1 aliphatic rings. The van der Waals surface area contributed by atoms with Gasteiger partial charge in [-0.05, 0) is 78.6 Å². The number of nitrogens with one attached hydrogen (secondary N) is 5. The minimum atomic E-state index is -4.64. The smallest absolute Gasteiger partial charge is 0.422 e. The van der Waals surface area contributed by atoms with Crippen molar-refractivity contribution in [1.29, 1.82) is 0 Å². The Kier molecular flexibility index (Phi) is 12.2. The van der Waals surface area contributed by atoms with E-state index >= 15 is 0 Å².